The van der Waals surface area contributed by atoms with Crippen molar-refractivity contribution >= 4 is 21.4 Å². The van der Waals surface area contributed by atoms with Gasteiger partial charge in [0.2, 0.25) is 10.0 Å². The molecule has 26 heavy (non-hydrogen) atoms. The van der Waals surface area contributed by atoms with Gasteiger partial charge in [-0.1, -0.05) is 0 Å². The molecule has 1 fully saturated rings. The molecule has 11 heteroatoms. The second kappa shape index (κ2) is 7.78. The molecule has 1 saturated heterocycles. The molecule has 2 rings (SSSR count). The van der Waals surface area contributed by atoms with E-state index in [1.807, 2.05) is 0 Å². The van der Waals surface area contributed by atoms with Gasteiger partial charge >= 0.3 is 6.18 Å². The number of anilines is 1. The number of nitrogens with zero attached hydrogens (tertiary/aromatic N) is 2. The van der Waals surface area contributed by atoms with E-state index in [-0.39, 0.29) is 18.3 Å². The molecule has 1 aliphatic heterocycles. The molecule has 0 aromatic heterocycles. The lowest BCUT2D eigenvalue weighted by Crippen LogP contribution is -2.42. The molecule has 0 saturated carbocycles. The Morgan fingerprint density at radius 2 is 2.04 bits per heavy atom. The Bertz CT molecular complexity index is 768. The molecule has 0 aliphatic carbocycles. The van der Waals surface area contributed by atoms with Crippen LogP contribution in [0.4, 0.5) is 24.5 Å². The summed E-state index contributed by atoms with van der Waals surface area (Å²) in [6, 6.07) is 2.33. The number of halogens is 3. The fourth-order valence-electron chi connectivity index (χ4n) is 3.12. The number of nitro benzene ring substituents is 1. The molecule has 0 radical (unpaired) electrons. The number of hydrogen-bond donors (Lipinski definition) is 1. The van der Waals surface area contributed by atoms with Gasteiger partial charge in [-0.15, -0.1) is 0 Å². The third kappa shape index (κ3) is 5.31. The van der Waals surface area contributed by atoms with Gasteiger partial charge in [-0.05, 0) is 37.8 Å². The molecule has 7 nitrogen and oxygen atoms in total. The molecule has 1 unspecified atom stereocenters. The Kier molecular flexibility index (Phi) is 6.12. The molecule has 1 aromatic rings. The Morgan fingerprint density at radius 1 is 1.35 bits per heavy atom. The van der Waals surface area contributed by atoms with E-state index in [0.717, 1.165) is 31.2 Å². The summed E-state index contributed by atoms with van der Waals surface area (Å²) in [6.45, 7) is 0.629. The lowest BCUT2D eigenvalue weighted by molar-refractivity contribution is -0.384. The quantitative estimate of drug-likeness (QED) is 0.591. The van der Waals surface area contributed by atoms with Crippen molar-refractivity contribution in [2.45, 2.75) is 37.9 Å². The average molecular weight is 395 g/mol. The predicted molar refractivity (Wildman–Crippen MR) is 90.5 cm³/mol. The maximum atomic E-state index is 12.9. The first-order chi connectivity index (χ1) is 12.0. The van der Waals surface area contributed by atoms with Crippen molar-refractivity contribution < 1.29 is 26.5 Å². The maximum absolute atomic E-state index is 12.9. The topological polar surface area (TPSA) is 92.6 Å². The molecule has 1 atom stereocenters. The summed E-state index contributed by atoms with van der Waals surface area (Å²) in [5.74, 6) is 0. The number of sulfonamides is 1. The van der Waals surface area contributed by atoms with E-state index in [9.17, 15) is 31.7 Å². The number of hydrogen-bond acceptors (Lipinski definition) is 5. The molecule has 1 heterocycles. The van der Waals surface area contributed by atoms with Gasteiger partial charge in [0.25, 0.3) is 5.69 Å². The molecule has 1 N–H and O–H groups in total. The first-order valence-corrected chi connectivity index (χ1v) is 9.95. The molecule has 0 spiro atoms. The summed E-state index contributed by atoms with van der Waals surface area (Å²) in [6.07, 6.45) is -0.909. The zero-order chi connectivity index (χ0) is 19.5. The molecule has 0 amide bonds. The van der Waals surface area contributed by atoms with E-state index in [1.165, 1.54) is 0 Å². The summed E-state index contributed by atoms with van der Waals surface area (Å²) in [5.41, 5.74) is -1.53. The fourth-order valence-corrected chi connectivity index (χ4v) is 3.61. The SMILES string of the molecule is CS(=O)(=O)NCCC1CCCCN1c1ccc(C(F)(F)F)cc1[N+](=O)[O-]. The van der Waals surface area contributed by atoms with Gasteiger partial charge in [-0.25, -0.2) is 13.1 Å². The van der Waals surface area contributed by atoms with Gasteiger partial charge in [0.15, 0.2) is 0 Å². The van der Waals surface area contributed by atoms with Crippen molar-refractivity contribution in [2.24, 2.45) is 0 Å². The molecule has 1 aliphatic rings. The predicted octanol–water partition coefficient (Wildman–Crippen LogP) is 2.91. The summed E-state index contributed by atoms with van der Waals surface area (Å²) in [5, 5.41) is 11.3. The minimum Gasteiger partial charge on any atom is -0.363 e. The summed E-state index contributed by atoms with van der Waals surface area (Å²) < 4.78 is 63.3. The van der Waals surface area contributed by atoms with Gasteiger partial charge in [-0.3, -0.25) is 10.1 Å². The van der Waals surface area contributed by atoms with Gasteiger partial charge in [0.1, 0.15) is 5.69 Å². The van der Waals surface area contributed by atoms with Crippen molar-refractivity contribution in [1.82, 2.24) is 4.72 Å². The Hall–Kier alpha value is -1.88. The number of alkyl halides is 3. The third-order valence-electron chi connectivity index (χ3n) is 4.28. The van der Waals surface area contributed by atoms with Crippen molar-refractivity contribution in [3.8, 4) is 0 Å². The number of nitrogens with one attached hydrogen (secondary N) is 1. The largest absolute Gasteiger partial charge is 0.416 e. The van der Waals surface area contributed by atoms with Crippen LogP contribution in [0, 0.1) is 10.1 Å². The standard InChI is InChI=1S/C15H20F3N3O4S/c1-26(24,25)19-8-7-12-4-2-3-9-20(12)13-6-5-11(15(16,17)18)10-14(13)21(22)23/h5-6,10,12,19H,2-4,7-9H2,1H3. The normalized spacial score (nSPS) is 18.8. The number of rotatable bonds is 6. The minimum atomic E-state index is -4.66. The van der Waals surface area contributed by atoms with Crippen molar-refractivity contribution in [1.29, 1.82) is 0 Å². The van der Waals surface area contributed by atoms with Gasteiger partial charge in [-0.2, -0.15) is 13.2 Å². The van der Waals surface area contributed by atoms with Gasteiger partial charge in [0.05, 0.1) is 16.7 Å². The molecule has 0 bridgehead atoms. The van der Waals surface area contributed by atoms with E-state index in [1.54, 1.807) is 4.90 Å². The van der Waals surface area contributed by atoms with Gasteiger partial charge in [0, 0.05) is 25.2 Å². The lowest BCUT2D eigenvalue weighted by Gasteiger charge is -2.37. The van der Waals surface area contributed by atoms with E-state index in [4.69, 9.17) is 0 Å². The third-order valence-corrected chi connectivity index (χ3v) is 5.01. The summed E-state index contributed by atoms with van der Waals surface area (Å²) in [7, 11) is -3.35. The monoisotopic (exact) mass is 395 g/mol. The Morgan fingerprint density at radius 3 is 2.62 bits per heavy atom. The lowest BCUT2D eigenvalue weighted by atomic mass is 9.97. The van der Waals surface area contributed by atoms with Crippen molar-refractivity contribution in [3.05, 3.63) is 33.9 Å². The van der Waals surface area contributed by atoms with Crippen LogP contribution in [0.25, 0.3) is 0 Å². The van der Waals surface area contributed by atoms with Crippen LogP contribution in [0.1, 0.15) is 31.2 Å². The average Bonchev–Trinajstić information content (AvgIpc) is 2.52. The van der Waals surface area contributed by atoms with Crippen LogP contribution in [0.2, 0.25) is 0 Å². The highest BCUT2D eigenvalue weighted by Crippen LogP contribution is 2.38. The van der Waals surface area contributed by atoms with E-state index < -0.39 is 32.4 Å². The highest BCUT2D eigenvalue weighted by molar-refractivity contribution is 7.88. The summed E-state index contributed by atoms with van der Waals surface area (Å²) in [4.78, 5) is 12.2. The molecular formula is C15H20F3N3O4S. The van der Waals surface area contributed by atoms with Crippen LogP contribution in [-0.2, 0) is 16.2 Å². The second-order valence-electron chi connectivity index (χ2n) is 6.26. The van der Waals surface area contributed by atoms with Crippen LogP contribution >= 0.6 is 0 Å². The van der Waals surface area contributed by atoms with Crippen LogP contribution in [0.3, 0.4) is 0 Å². The van der Waals surface area contributed by atoms with Crippen LogP contribution < -0.4 is 9.62 Å². The molecule has 146 valence electrons. The number of benzene rings is 1. The van der Waals surface area contributed by atoms with Crippen LogP contribution in [0.5, 0.6) is 0 Å². The minimum absolute atomic E-state index is 0.132. The first kappa shape index (κ1) is 20.4. The van der Waals surface area contributed by atoms with Crippen LogP contribution in [-0.4, -0.2) is 38.7 Å². The van der Waals surface area contributed by atoms with E-state index in [0.29, 0.717) is 25.5 Å². The molecular weight excluding hydrogens is 375 g/mol. The van der Waals surface area contributed by atoms with Crippen molar-refractivity contribution in [3.63, 3.8) is 0 Å². The smallest absolute Gasteiger partial charge is 0.363 e. The highest BCUT2D eigenvalue weighted by Gasteiger charge is 2.35. The van der Waals surface area contributed by atoms with Crippen LogP contribution in [0.15, 0.2) is 18.2 Å². The van der Waals surface area contributed by atoms with Crippen molar-refractivity contribution in [2.75, 3.05) is 24.2 Å². The highest BCUT2D eigenvalue weighted by atomic mass is 32.2. The Balaban J connectivity index is 2.29. The summed E-state index contributed by atoms with van der Waals surface area (Å²) >= 11 is 0. The van der Waals surface area contributed by atoms with E-state index in [2.05, 4.69) is 4.72 Å². The zero-order valence-electron chi connectivity index (χ0n) is 14.1. The zero-order valence-corrected chi connectivity index (χ0v) is 14.9. The second-order valence-corrected chi connectivity index (χ2v) is 8.09. The van der Waals surface area contributed by atoms with Gasteiger partial charge < -0.3 is 4.90 Å². The Labute approximate surface area is 149 Å². The number of piperidine rings is 1. The first-order valence-electron chi connectivity index (χ1n) is 8.06. The maximum Gasteiger partial charge on any atom is 0.416 e. The fraction of sp³-hybridized carbons (Fsp3) is 0.600. The number of nitro groups is 1. The van der Waals surface area contributed by atoms with E-state index >= 15 is 0 Å². The molecule has 1 aromatic carbocycles.